The van der Waals surface area contributed by atoms with E-state index in [0.717, 1.165) is 37.8 Å². The number of fused-ring (bicyclic) bond motifs is 1. The molecule has 0 aromatic heterocycles. The second-order valence-electron chi connectivity index (χ2n) is 8.27. The Bertz CT molecular complexity index is 734. The molecule has 3 aliphatic rings. The van der Waals surface area contributed by atoms with E-state index >= 15 is 0 Å². The zero-order chi connectivity index (χ0) is 19.4. The van der Waals surface area contributed by atoms with E-state index in [1.165, 1.54) is 5.56 Å². The number of ether oxygens (including phenoxy) is 4. The quantitative estimate of drug-likeness (QED) is 0.814. The summed E-state index contributed by atoms with van der Waals surface area (Å²) in [4.78, 5) is 2.40. The van der Waals surface area contributed by atoms with Gasteiger partial charge in [0.2, 0.25) is 0 Å². The summed E-state index contributed by atoms with van der Waals surface area (Å²) in [5, 5.41) is 11.1. The van der Waals surface area contributed by atoms with Crippen LogP contribution in [0.3, 0.4) is 0 Å². The Hall–Kier alpha value is -1.34. The molecule has 1 aromatic rings. The van der Waals surface area contributed by atoms with Crippen molar-refractivity contribution < 1.29 is 24.1 Å². The van der Waals surface area contributed by atoms with Crippen LogP contribution in [0, 0.1) is 0 Å². The summed E-state index contributed by atoms with van der Waals surface area (Å²) in [5.74, 6) is 0.129. The Morgan fingerprint density at radius 2 is 1.78 bits per heavy atom. The van der Waals surface area contributed by atoms with Crippen LogP contribution in [0.25, 0.3) is 0 Å². The second-order valence-corrected chi connectivity index (χ2v) is 8.27. The SMILES string of the molecule is COc1ccc2c(c1O)[C@@]13CCN(C)C(C2)C1(OC)CC(OC)(OC)CC3. The van der Waals surface area contributed by atoms with Gasteiger partial charge in [0.1, 0.15) is 0 Å². The predicted molar refractivity (Wildman–Crippen MR) is 101 cm³/mol. The first-order valence-electron chi connectivity index (χ1n) is 9.67. The first-order valence-corrected chi connectivity index (χ1v) is 9.67. The van der Waals surface area contributed by atoms with Crippen molar-refractivity contribution in [2.75, 3.05) is 42.0 Å². The molecule has 6 heteroatoms. The summed E-state index contributed by atoms with van der Waals surface area (Å²) in [6, 6.07) is 4.18. The highest BCUT2D eigenvalue weighted by atomic mass is 16.7. The number of phenolic OH excluding ortho intramolecular Hbond substituents is 1. The number of hydrogen-bond donors (Lipinski definition) is 1. The lowest BCUT2D eigenvalue weighted by Gasteiger charge is -2.66. The van der Waals surface area contributed by atoms with Crippen LogP contribution in [0.2, 0.25) is 0 Å². The van der Waals surface area contributed by atoms with Crippen molar-refractivity contribution in [2.45, 2.75) is 54.9 Å². The Morgan fingerprint density at radius 1 is 1.04 bits per heavy atom. The molecule has 3 atom stereocenters. The largest absolute Gasteiger partial charge is 0.504 e. The minimum Gasteiger partial charge on any atom is -0.504 e. The zero-order valence-electron chi connectivity index (χ0n) is 17.0. The molecular formula is C21H31NO5. The molecule has 2 fully saturated rings. The standard InChI is InChI=1S/C21H31NO5/c1-22-11-10-19-8-9-20(25-3,26-4)13-21(19,27-5)16(22)12-14-6-7-15(24-2)18(23)17(14)19/h6-7,16,23H,8-13H2,1-5H3/t16?,19-,21?/m1/s1. The summed E-state index contributed by atoms with van der Waals surface area (Å²) in [5.41, 5.74) is 1.42. The molecule has 6 nitrogen and oxygen atoms in total. The maximum atomic E-state index is 11.1. The first-order chi connectivity index (χ1) is 12.9. The van der Waals surface area contributed by atoms with Crippen molar-refractivity contribution in [2.24, 2.45) is 0 Å². The van der Waals surface area contributed by atoms with Crippen LogP contribution in [-0.4, -0.2) is 69.5 Å². The summed E-state index contributed by atoms with van der Waals surface area (Å²) < 4.78 is 23.6. The van der Waals surface area contributed by atoms with Crippen molar-refractivity contribution in [3.05, 3.63) is 23.3 Å². The van der Waals surface area contributed by atoms with Crippen molar-refractivity contribution in [1.82, 2.24) is 4.90 Å². The van der Waals surface area contributed by atoms with E-state index < -0.39 is 11.4 Å². The van der Waals surface area contributed by atoms with Gasteiger partial charge in [-0.2, -0.15) is 0 Å². The fraction of sp³-hybridized carbons (Fsp3) is 0.714. The number of likely N-dealkylation sites (N-methyl/N-ethyl adjacent to an activating group) is 1. The van der Waals surface area contributed by atoms with Crippen LogP contribution >= 0.6 is 0 Å². The molecule has 1 saturated heterocycles. The van der Waals surface area contributed by atoms with Crippen LogP contribution in [0.4, 0.5) is 0 Å². The van der Waals surface area contributed by atoms with Crippen molar-refractivity contribution in [1.29, 1.82) is 0 Å². The van der Waals surface area contributed by atoms with Gasteiger partial charge in [0.05, 0.1) is 12.7 Å². The van der Waals surface area contributed by atoms with E-state index in [1.54, 1.807) is 28.4 Å². The van der Waals surface area contributed by atoms with Crippen LogP contribution in [0.15, 0.2) is 12.1 Å². The van der Waals surface area contributed by atoms with Gasteiger partial charge in [-0.25, -0.2) is 0 Å². The topological polar surface area (TPSA) is 60.4 Å². The fourth-order valence-corrected chi connectivity index (χ4v) is 6.23. The minimum atomic E-state index is -0.665. The minimum absolute atomic E-state index is 0.196. The summed E-state index contributed by atoms with van der Waals surface area (Å²) >= 11 is 0. The lowest BCUT2D eigenvalue weighted by atomic mass is 9.48. The molecule has 2 unspecified atom stereocenters. The maximum Gasteiger partial charge on any atom is 0.170 e. The fourth-order valence-electron chi connectivity index (χ4n) is 6.23. The van der Waals surface area contributed by atoms with Crippen LogP contribution in [-0.2, 0) is 26.0 Å². The van der Waals surface area contributed by atoms with Gasteiger partial charge >= 0.3 is 0 Å². The Balaban J connectivity index is 1.97. The third-order valence-corrected chi connectivity index (χ3v) is 7.68. The third kappa shape index (κ3) is 2.27. The van der Waals surface area contributed by atoms with E-state index in [4.69, 9.17) is 18.9 Å². The number of rotatable bonds is 4. The van der Waals surface area contributed by atoms with Crippen molar-refractivity contribution in [3.8, 4) is 11.5 Å². The Labute approximate surface area is 161 Å². The van der Waals surface area contributed by atoms with Gasteiger partial charge in [0.15, 0.2) is 17.3 Å². The predicted octanol–water partition coefficient (Wildman–Crippen LogP) is 2.46. The smallest absolute Gasteiger partial charge is 0.170 e. The van der Waals surface area contributed by atoms with Gasteiger partial charge in [-0.1, -0.05) is 6.07 Å². The molecular weight excluding hydrogens is 346 g/mol. The van der Waals surface area contributed by atoms with Gasteiger partial charge in [-0.05, 0) is 44.5 Å². The Kier molecular flexibility index (Phi) is 4.46. The highest BCUT2D eigenvalue weighted by molar-refractivity contribution is 5.58. The highest BCUT2D eigenvalue weighted by Gasteiger charge is 2.69. The number of benzene rings is 1. The van der Waals surface area contributed by atoms with E-state index in [2.05, 4.69) is 18.0 Å². The molecule has 4 rings (SSSR count). The number of nitrogens with zero attached hydrogens (tertiary/aromatic N) is 1. The van der Waals surface area contributed by atoms with E-state index in [1.807, 2.05) is 6.07 Å². The number of methoxy groups -OCH3 is 4. The molecule has 0 radical (unpaired) electrons. The molecule has 1 aromatic carbocycles. The van der Waals surface area contributed by atoms with Crippen LogP contribution in [0.5, 0.6) is 11.5 Å². The third-order valence-electron chi connectivity index (χ3n) is 7.68. The summed E-state index contributed by atoms with van der Waals surface area (Å²) in [6.07, 6.45) is 3.97. The van der Waals surface area contributed by atoms with Gasteiger partial charge in [0, 0.05) is 51.2 Å². The van der Waals surface area contributed by atoms with Crippen LogP contribution in [0.1, 0.15) is 36.8 Å². The lowest BCUT2D eigenvalue weighted by Crippen LogP contribution is -2.75. The molecule has 1 saturated carbocycles. The number of likely N-dealkylation sites (tertiary alicyclic amines) is 1. The van der Waals surface area contributed by atoms with Crippen molar-refractivity contribution >= 4 is 0 Å². The molecule has 2 bridgehead atoms. The average molecular weight is 377 g/mol. The van der Waals surface area contributed by atoms with Gasteiger partial charge in [-0.3, -0.25) is 0 Å². The van der Waals surface area contributed by atoms with Crippen molar-refractivity contribution in [3.63, 3.8) is 0 Å². The first kappa shape index (κ1) is 19.0. The number of piperidine rings is 1. The Morgan fingerprint density at radius 3 is 2.41 bits per heavy atom. The molecule has 1 N–H and O–H groups in total. The molecule has 27 heavy (non-hydrogen) atoms. The molecule has 0 spiro atoms. The normalized spacial score (nSPS) is 34.6. The van der Waals surface area contributed by atoms with Crippen LogP contribution < -0.4 is 4.74 Å². The van der Waals surface area contributed by atoms with E-state index in [-0.39, 0.29) is 17.2 Å². The number of hydrogen-bond acceptors (Lipinski definition) is 6. The zero-order valence-corrected chi connectivity index (χ0v) is 17.0. The van der Waals surface area contributed by atoms with Gasteiger partial charge in [0.25, 0.3) is 0 Å². The molecule has 0 amide bonds. The summed E-state index contributed by atoms with van der Waals surface area (Å²) in [7, 11) is 8.98. The second kappa shape index (κ2) is 6.34. The lowest BCUT2D eigenvalue weighted by molar-refractivity contribution is -0.296. The summed E-state index contributed by atoms with van der Waals surface area (Å²) in [6.45, 7) is 0.971. The molecule has 1 aliphatic heterocycles. The molecule has 150 valence electrons. The van der Waals surface area contributed by atoms with E-state index in [9.17, 15) is 5.11 Å². The van der Waals surface area contributed by atoms with Gasteiger partial charge < -0.3 is 29.0 Å². The number of aromatic hydroxyl groups is 1. The maximum absolute atomic E-state index is 11.1. The van der Waals surface area contributed by atoms with E-state index in [0.29, 0.717) is 12.2 Å². The number of phenols is 1. The highest BCUT2D eigenvalue weighted by Crippen LogP contribution is 2.64. The van der Waals surface area contributed by atoms with Gasteiger partial charge in [-0.15, -0.1) is 0 Å². The molecule has 1 heterocycles. The molecule has 2 aliphatic carbocycles. The monoisotopic (exact) mass is 377 g/mol. The average Bonchev–Trinajstić information content (AvgIpc) is 2.70.